The summed E-state index contributed by atoms with van der Waals surface area (Å²) in [6.45, 7) is 0. The molecular weight excluding hydrogens is 224 g/mol. The van der Waals surface area contributed by atoms with E-state index in [-0.39, 0.29) is 0 Å². The summed E-state index contributed by atoms with van der Waals surface area (Å²) in [4.78, 5) is 4.87. The monoisotopic (exact) mass is 235 g/mol. The Labute approximate surface area is 96.1 Å². The Morgan fingerprint density at radius 2 is 2.25 bits per heavy atom. The van der Waals surface area contributed by atoms with E-state index in [0.717, 1.165) is 23.5 Å². The van der Waals surface area contributed by atoms with E-state index >= 15 is 0 Å². The van der Waals surface area contributed by atoms with Crippen molar-refractivity contribution in [2.75, 3.05) is 5.32 Å². The molecule has 0 bridgehead atoms. The SMILES string of the molecule is O=S([O-])c1ccc2c(c1)CC(=NC1CC1)N2. The van der Waals surface area contributed by atoms with Gasteiger partial charge in [0.15, 0.2) is 0 Å². The second-order valence-electron chi connectivity index (χ2n) is 4.16. The Kier molecular flexibility index (Phi) is 2.29. The molecule has 1 aliphatic heterocycles. The maximum Gasteiger partial charge on any atom is 0.106 e. The van der Waals surface area contributed by atoms with Gasteiger partial charge in [0.2, 0.25) is 0 Å². The molecule has 1 unspecified atom stereocenters. The predicted octanol–water partition coefficient (Wildman–Crippen LogP) is 1.45. The van der Waals surface area contributed by atoms with Crippen LogP contribution in [0.3, 0.4) is 0 Å². The van der Waals surface area contributed by atoms with Crippen LogP contribution in [0.25, 0.3) is 0 Å². The first-order chi connectivity index (χ1) is 7.72. The number of hydrogen-bond donors (Lipinski definition) is 1. The minimum Gasteiger partial charge on any atom is -0.768 e. The van der Waals surface area contributed by atoms with E-state index < -0.39 is 11.1 Å². The van der Waals surface area contributed by atoms with Crippen LogP contribution < -0.4 is 5.32 Å². The average Bonchev–Trinajstić information content (AvgIpc) is 2.96. The van der Waals surface area contributed by atoms with Gasteiger partial charge in [0.1, 0.15) is 5.84 Å². The highest BCUT2D eigenvalue weighted by Gasteiger charge is 2.23. The van der Waals surface area contributed by atoms with Crippen molar-refractivity contribution in [3.8, 4) is 0 Å². The molecule has 84 valence electrons. The fraction of sp³-hybridized carbons (Fsp3) is 0.364. The van der Waals surface area contributed by atoms with Crippen molar-refractivity contribution in [1.82, 2.24) is 0 Å². The highest BCUT2D eigenvalue weighted by Crippen LogP contribution is 2.29. The zero-order chi connectivity index (χ0) is 11.1. The molecule has 1 aromatic rings. The van der Waals surface area contributed by atoms with E-state index in [1.165, 1.54) is 12.8 Å². The van der Waals surface area contributed by atoms with E-state index in [4.69, 9.17) is 0 Å². The fourth-order valence-corrected chi connectivity index (χ4v) is 2.24. The highest BCUT2D eigenvalue weighted by molar-refractivity contribution is 7.79. The van der Waals surface area contributed by atoms with Gasteiger partial charge in [-0.1, -0.05) is 0 Å². The van der Waals surface area contributed by atoms with Gasteiger partial charge < -0.3 is 9.87 Å². The summed E-state index contributed by atoms with van der Waals surface area (Å²) in [5.74, 6) is 0.964. The smallest absolute Gasteiger partial charge is 0.106 e. The Morgan fingerprint density at radius 1 is 1.44 bits per heavy atom. The number of hydrogen-bond acceptors (Lipinski definition) is 3. The molecule has 1 aromatic carbocycles. The van der Waals surface area contributed by atoms with E-state index in [1.54, 1.807) is 18.2 Å². The molecular formula is C11H11N2O2S-. The van der Waals surface area contributed by atoms with Gasteiger partial charge in [-0.3, -0.25) is 9.20 Å². The van der Waals surface area contributed by atoms with Gasteiger partial charge in [-0.15, -0.1) is 0 Å². The van der Waals surface area contributed by atoms with Crippen LogP contribution in [0.5, 0.6) is 0 Å². The van der Waals surface area contributed by atoms with E-state index in [2.05, 4.69) is 10.3 Å². The number of amidine groups is 1. The molecule has 5 heteroatoms. The second-order valence-corrected chi connectivity index (χ2v) is 5.10. The molecule has 2 aliphatic rings. The maximum atomic E-state index is 10.8. The van der Waals surface area contributed by atoms with Crippen LogP contribution in [0.4, 0.5) is 5.69 Å². The van der Waals surface area contributed by atoms with E-state index in [0.29, 0.717) is 10.9 Å². The topological polar surface area (TPSA) is 64.5 Å². The first kappa shape index (κ1) is 9.99. The van der Waals surface area contributed by atoms with Crippen LogP contribution in [0.2, 0.25) is 0 Å². The third-order valence-corrected chi connectivity index (χ3v) is 3.43. The second kappa shape index (κ2) is 3.68. The van der Waals surface area contributed by atoms with E-state index in [1.807, 2.05) is 0 Å². The molecule has 4 nitrogen and oxygen atoms in total. The lowest BCUT2D eigenvalue weighted by Gasteiger charge is -2.06. The summed E-state index contributed by atoms with van der Waals surface area (Å²) in [6.07, 6.45) is 3.07. The van der Waals surface area contributed by atoms with Gasteiger partial charge in [-0.05, 0) is 47.7 Å². The molecule has 0 radical (unpaired) electrons. The summed E-state index contributed by atoms with van der Waals surface area (Å²) >= 11 is -2.15. The van der Waals surface area contributed by atoms with Crippen molar-refractivity contribution < 1.29 is 8.76 Å². The normalized spacial score (nSPS) is 22.9. The quantitative estimate of drug-likeness (QED) is 0.789. The molecule has 0 spiro atoms. The van der Waals surface area contributed by atoms with Crippen molar-refractivity contribution in [2.45, 2.75) is 30.2 Å². The van der Waals surface area contributed by atoms with Crippen LogP contribution in [0, 0.1) is 0 Å². The van der Waals surface area contributed by atoms with Crippen LogP contribution in [-0.4, -0.2) is 20.6 Å². The number of rotatable bonds is 2. The Bertz CT molecular complexity index is 495. The molecule has 1 saturated carbocycles. The molecule has 3 rings (SSSR count). The third-order valence-electron chi connectivity index (χ3n) is 2.79. The van der Waals surface area contributed by atoms with Gasteiger partial charge in [0, 0.05) is 17.0 Å². The first-order valence-electron chi connectivity index (χ1n) is 5.28. The molecule has 16 heavy (non-hydrogen) atoms. The van der Waals surface area contributed by atoms with E-state index in [9.17, 15) is 8.76 Å². The van der Waals surface area contributed by atoms with Crippen LogP contribution in [-0.2, 0) is 17.5 Å². The lowest BCUT2D eigenvalue weighted by molar-refractivity contribution is 0.537. The largest absolute Gasteiger partial charge is 0.768 e. The summed E-state index contributed by atoms with van der Waals surface area (Å²) in [5, 5.41) is 3.22. The summed E-state index contributed by atoms with van der Waals surface area (Å²) in [5.41, 5.74) is 2.00. The summed E-state index contributed by atoms with van der Waals surface area (Å²) < 4.78 is 21.6. The van der Waals surface area contributed by atoms with Gasteiger partial charge in [-0.25, -0.2) is 0 Å². The zero-order valence-corrected chi connectivity index (χ0v) is 9.42. The molecule has 1 fully saturated rings. The van der Waals surface area contributed by atoms with Gasteiger partial charge in [-0.2, -0.15) is 0 Å². The molecule has 0 aromatic heterocycles. The minimum atomic E-state index is -2.15. The van der Waals surface area contributed by atoms with Crippen LogP contribution in [0.1, 0.15) is 18.4 Å². The van der Waals surface area contributed by atoms with Crippen molar-refractivity contribution in [1.29, 1.82) is 0 Å². The Morgan fingerprint density at radius 3 is 2.94 bits per heavy atom. The molecule has 1 heterocycles. The average molecular weight is 235 g/mol. The predicted molar refractivity (Wildman–Crippen MR) is 61.4 cm³/mol. The Balaban J connectivity index is 1.88. The number of anilines is 1. The molecule has 1 N–H and O–H groups in total. The highest BCUT2D eigenvalue weighted by atomic mass is 32.2. The summed E-state index contributed by atoms with van der Waals surface area (Å²) in [6, 6.07) is 5.61. The fourth-order valence-electron chi connectivity index (χ4n) is 1.82. The molecule has 0 amide bonds. The van der Waals surface area contributed by atoms with Crippen LogP contribution >= 0.6 is 0 Å². The maximum absolute atomic E-state index is 10.8. The van der Waals surface area contributed by atoms with Crippen LogP contribution in [0.15, 0.2) is 28.1 Å². The lowest BCUT2D eigenvalue weighted by Crippen LogP contribution is -2.06. The number of benzene rings is 1. The number of aliphatic imine (C=N–C) groups is 1. The molecule has 0 saturated heterocycles. The molecule has 1 atom stereocenters. The van der Waals surface area contributed by atoms with Gasteiger partial charge in [0.05, 0.1) is 6.04 Å². The van der Waals surface area contributed by atoms with Crippen molar-refractivity contribution in [3.05, 3.63) is 23.8 Å². The standard InChI is InChI=1S/C11H12N2O2S/c14-16(15)9-3-4-10-7(5-9)6-11(13-10)12-8-1-2-8/h3-5,8H,1-2,6H2,(H,12,13)(H,14,15)/p-1. The number of nitrogens with one attached hydrogen (secondary N) is 1. The lowest BCUT2D eigenvalue weighted by atomic mass is 10.2. The van der Waals surface area contributed by atoms with Crippen molar-refractivity contribution >= 4 is 22.6 Å². The Hall–Kier alpha value is -1.20. The van der Waals surface area contributed by atoms with Gasteiger partial charge >= 0.3 is 0 Å². The number of fused-ring (bicyclic) bond motifs is 1. The minimum absolute atomic E-state index is 0.341. The third kappa shape index (κ3) is 1.88. The van der Waals surface area contributed by atoms with Crippen molar-refractivity contribution in [2.24, 2.45) is 4.99 Å². The molecule has 1 aliphatic carbocycles. The van der Waals surface area contributed by atoms with Crippen molar-refractivity contribution in [3.63, 3.8) is 0 Å². The first-order valence-corrected chi connectivity index (χ1v) is 6.36. The number of nitrogens with zero attached hydrogens (tertiary/aromatic N) is 1. The van der Waals surface area contributed by atoms with Gasteiger partial charge in [0.25, 0.3) is 0 Å². The summed E-state index contributed by atoms with van der Waals surface area (Å²) in [7, 11) is 0. The zero-order valence-electron chi connectivity index (χ0n) is 8.60.